The van der Waals surface area contributed by atoms with Crippen molar-refractivity contribution in [2.45, 2.75) is 12.1 Å². The van der Waals surface area contributed by atoms with Crippen molar-refractivity contribution in [2.75, 3.05) is 11.1 Å². The van der Waals surface area contributed by atoms with E-state index in [1.165, 1.54) is 17.3 Å². The summed E-state index contributed by atoms with van der Waals surface area (Å²) in [5.74, 6) is 0.542. The third-order valence-electron chi connectivity index (χ3n) is 4.73. The van der Waals surface area contributed by atoms with Crippen molar-refractivity contribution >= 4 is 45.0 Å². The van der Waals surface area contributed by atoms with Crippen molar-refractivity contribution in [3.05, 3.63) is 78.8 Å². The van der Waals surface area contributed by atoms with E-state index in [4.69, 9.17) is 0 Å². The number of rotatable bonds is 6. The molecule has 0 bridgehead atoms. The van der Waals surface area contributed by atoms with Crippen LogP contribution in [0.4, 0.5) is 5.82 Å². The summed E-state index contributed by atoms with van der Waals surface area (Å²) in [6.07, 6.45) is 3.38. The third kappa shape index (κ3) is 4.39. The summed E-state index contributed by atoms with van der Waals surface area (Å²) in [5, 5.41) is 12.5. The summed E-state index contributed by atoms with van der Waals surface area (Å²) in [5.41, 5.74) is 4.03. The number of hydrogen-bond acceptors (Lipinski definition) is 7. The first-order valence-electron chi connectivity index (χ1n) is 9.87. The number of benzene rings is 2. The number of thioether (sulfide) groups is 1. The van der Waals surface area contributed by atoms with E-state index in [0.29, 0.717) is 11.0 Å². The van der Waals surface area contributed by atoms with Crippen LogP contribution in [0.2, 0.25) is 0 Å². The van der Waals surface area contributed by atoms with E-state index in [1.54, 1.807) is 29.9 Å². The number of anilines is 1. The average molecular weight is 459 g/mol. The lowest BCUT2D eigenvalue weighted by molar-refractivity contribution is -0.113. The number of para-hydroxylation sites is 1. The second-order valence-corrected chi connectivity index (χ2v) is 9.05. The Labute approximate surface area is 192 Å². The van der Waals surface area contributed by atoms with E-state index < -0.39 is 0 Å². The van der Waals surface area contributed by atoms with E-state index >= 15 is 0 Å². The summed E-state index contributed by atoms with van der Waals surface area (Å²) in [4.78, 5) is 21.5. The molecule has 32 heavy (non-hydrogen) atoms. The van der Waals surface area contributed by atoms with Crippen molar-refractivity contribution < 1.29 is 4.79 Å². The zero-order valence-corrected chi connectivity index (χ0v) is 18.7. The number of pyridine rings is 1. The van der Waals surface area contributed by atoms with Gasteiger partial charge >= 0.3 is 0 Å². The van der Waals surface area contributed by atoms with Gasteiger partial charge in [0.1, 0.15) is 17.2 Å². The SMILES string of the molecule is Cc1ccc(-n2cnnc2SCC(=O)Nc2ccc(-c3nc4ccccc4s3)cn2)cc1. The van der Waals surface area contributed by atoms with E-state index in [1.807, 2.05) is 60.0 Å². The molecule has 0 aliphatic heterocycles. The number of aryl methyl sites for hydroxylation is 1. The highest BCUT2D eigenvalue weighted by atomic mass is 32.2. The van der Waals surface area contributed by atoms with Gasteiger partial charge in [-0.05, 0) is 43.3 Å². The molecule has 1 N–H and O–H groups in total. The summed E-state index contributed by atoms with van der Waals surface area (Å²) in [6.45, 7) is 2.04. The van der Waals surface area contributed by atoms with Crippen LogP contribution >= 0.6 is 23.1 Å². The smallest absolute Gasteiger partial charge is 0.236 e. The first-order valence-corrected chi connectivity index (χ1v) is 11.7. The van der Waals surface area contributed by atoms with Crippen molar-refractivity contribution in [2.24, 2.45) is 0 Å². The van der Waals surface area contributed by atoms with Crippen LogP contribution in [0.5, 0.6) is 0 Å². The first kappa shape index (κ1) is 20.3. The fourth-order valence-corrected chi connectivity index (χ4v) is 4.79. The number of thiazole rings is 1. The maximum atomic E-state index is 12.4. The summed E-state index contributed by atoms with van der Waals surface area (Å²) < 4.78 is 3.00. The molecule has 9 heteroatoms. The van der Waals surface area contributed by atoms with Gasteiger partial charge in [-0.25, -0.2) is 9.97 Å². The number of fused-ring (bicyclic) bond motifs is 1. The van der Waals surface area contributed by atoms with Crippen LogP contribution in [0.15, 0.2) is 78.3 Å². The quantitative estimate of drug-likeness (QED) is 0.361. The molecule has 0 aliphatic rings. The first-order chi connectivity index (χ1) is 15.7. The molecule has 1 amide bonds. The molecule has 3 aromatic heterocycles. The van der Waals surface area contributed by atoms with Crippen molar-refractivity contribution in [1.82, 2.24) is 24.7 Å². The number of nitrogens with one attached hydrogen (secondary N) is 1. The van der Waals surface area contributed by atoms with Crippen LogP contribution in [0, 0.1) is 6.92 Å². The molecule has 0 fully saturated rings. The highest BCUT2D eigenvalue weighted by molar-refractivity contribution is 7.99. The maximum absolute atomic E-state index is 12.4. The second kappa shape index (κ2) is 8.89. The van der Waals surface area contributed by atoms with E-state index in [9.17, 15) is 4.79 Å². The average Bonchev–Trinajstić information content (AvgIpc) is 3.46. The molecule has 0 unspecified atom stereocenters. The predicted octanol–water partition coefficient (Wildman–Crippen LogP) is 4.98. The van der Waals surface area contributed by atoms with E-state index in [0.717, 1.165) is 26.5 Å². The van der Waals surface area contributed by atoms with Crippen LogP contribution in [-0.2, 0) is 4.79 Å². The van der Waals surface area contributed by atoms with Gasteiger partial charge in [-0.3, -0.25) is 9.36 Å². The number of aromatic nitrogens is 5. The topological polar surface area (TPSA) is 85.6 Å². The molecule has 0 spiro atoms. The Morgan fingerprint density at radius 3 is 2.72 bits per heavy atom. The van der Waals surface area contributed by atoms with E-state index in [2.05, 4.69) is 31.5 Å². The molecule has 5 aromatic rings. The van der Waals surface area contributed by atoms with Crippen LogP contribution in [0.25, 0.3) is 26.5 Å². The second-order valence-electron chi connectivity index (χ2n) is 7.07. The van der Waals surface area contributed by atoms with Gasteiger partial charge in [0, 0.05) is 17.4 Å². The Morgan fingerprint density at radius 1 is 1.09 bits per heavy atom. The van der Waals surface area contributed by atoms with Gasteiger partial charge in [-0.1, -0.05) is 41.6 Å². The zero-order chi connectivity index (χ0) is 21.9. The Kier molecular flexibility index (Phi) is 5.66. The highest BCUT2D eigenvalue weighted by Crippen LogP contribution is 2.30. The lowest BCUT2D eigenvalue weighted by Crippen LogP contribution is -2.15. The molecule has 0 radical (unpaired) electrons. The number of nitrogens with zero attached hydrogens (tertiary/aromatic N) is 5. The van der Waals surface area contributed by atoms with Crippen LogP contribution in [-0.4, -0.2) is 36.4 Å². The largest absolute Gasteiger partial charge is 0.310 e. The monoisotopic (exact) mass is 458 g/mol. The normalized spacial score (nSPS) is 11.0. The molecule has 7 nitrogen and oxygen atoms in total. The minimum Gasteiger partial charge on any atom is -0.310 e. The van der Waals surface area contributed by atoms with Gasteiger partial charge in [0.25, 0.3) is 0 Å². The molecule has 0 atom stereocenters. The van der Waals surface area contributed by atoms with Gasteiger partial charge in [-0.15, -0.1) is 21.5 Å². The Balaban J connectivity index is 1.21. The number of carbonyl (C=O) groups is 1. The van der Waals surface area contributed by atoms with Gasteiger partial charge in [0.15, 0.2) is 5.16 Å². The lowest BCUT2D eigenvalue weighted by atomic mass is 10.2. The number of amides is 1. The molecule has 2 aromatic carbocycles. The molecule has 0 saturated carbocycles. The van der Waals surface area contributed by atoms with Crippen molar-refractivity contribution in [1.29, 1.82) is 0 Å². The predicted molar refractivity (Wildman–Crippen MR) is 128 cm³/mol. The fourth-order valence-electron chi connectivity index (χ4n) is 3.10. The standard InChI is InChI=1S/C23H18N6OS2/c1-15-6-9-17(10-7-15)29-14-25-28-23(29)31-13-21(30)27-20-11-8-16(12-24-20)22-26-18-4-2-3-5-19(18)32-22/h2-12,14H,13H2,1H3,(H,24,27,30). The van der Waals surface area contributed by atoms with Crippen LogP contribution in [0.1, 0.15) is 5.56 Å². The zero-order valence-electron chi connectivity index (χ0n) is 17.1. The van der Waals surface area contributed by atoms with Crippen LogP contribution < -0.4 is 5.32 Å². The summed E-state index contributed by atoms with van der Waals surface area (Å²) >= 11 is 2.94. The summed E-state index contributed by atoms with van der Waals surface area (Å²) in [7, 11) is 0. The fraction of sp³-hybridized carbons (Fsp3) is 0.0870. The summed E-state index contributed by atoms with van der Waals surface area (Å²) in [6, 6.07) is 19.8. The van der Waals surface area contributed by atoms with Crippen LogP contribution in [0.3, 0.4) is 0 Å². The Bertz CT molecular complexity index is 1340. The Morgan fingerprint density at radius 2 is 1.94 bits per heavy atom. The van der Waals surface area contributed by atoms with Gasteiger partial charge in [-0.2, -0.15) is 0 Å². The minimum atomic E-state index is -0.159. The van der Waals surface area contributed by atoms with Crippen molar-refractivity contribution in [3.63, 3.8) is 0 Å². The molecule has 5 rings (SSSR count). The number of carbonyl (C=O) groups excluding carboxylic acids is 1. The van der Waals surface area contributed by atoms with Gasteiger partial charge in [0.2, 0.25) is 5.91 Å². The molecule has 3 heterocycles. The highest BCUT2D eigenvalue weighted by Gasteiger charge is 2.12. The third-order valence-corrected chi connectivity index (χ3v) is 6.76. The van der Waals surface area contributed by atoms with Gasteiger partial charge in [0.05, 0.1) is 16.0 Å². The van der Waals surface area contributed by atoms with Crippen molar-refractivity contribution in [3.8, 4) is 16.3 Å². The lowest BCUT2D eigenvalue weighted by Gasteiger charge is -2.07. The Hall–Kier alpha value is -3.56. The molecule has 0 aliphatic carbocycles. The number of hydrogen-bond donors (Lipinski definition) is 1. The maximum Gasteiger partial charge on any atom is 0.236 e. The minimum absolute atomic E-state index is 0.159. The molecule has 158 valence electrons. The molecular weight excluding hydrogens is 440 g/mol. The van der Waals surface area contributed by atoms with Gasteiger partial charge < -0.3 is 5.32 Å². The molecular formula is C23H18N6OS2. The molecule has 0 saturated heterocycles. The van der Waals surface area contributed by atoms with E-state index in [-0.39, 0.29) is 11.7 Å².